The van der Waals surface area contributed by atoms with Gasteiger partial charge in [0.15, 0.2) is 0 Å². The minimum absolute atomic E-state index is 0.0183. The van der Waals surface area contributed by atoms with Crippen LogP contribution in [-0.4, -0.2) is 25.0 Å². The van der Waals surface area contributed by atoms with Crippen LogP contribution < -0.4 is 10.6 Å². The van der Waals surface area contributed by atoms with Crippen molar-refractivity contribution in [1.82, 2.24) is 10.6 Å². The number of rotatable bonds is 3. The van der Waals surface area contributed by atoms with Crippen LogP contribution in [-0.2, 0) is 11.2 Å². The monoisotopic (exact) mass is 222 g/mol. The van der Waals surface area contributed by atoms with Crippen molar-refractivity contribution in [2.45, 2.75) is 18.9 Å². The number of aryl methyl sites for hydroxylation is 1. The smallest absolute Gasteiger partial charge is 0.234 e. The minimum atomic E-state index is -0.169. The number of amides is 1. The van der Waals surface area contributed by atoms with Crippen molar-refractivity contribution in [3.05, 3.63) is 35.6 Å². The molecule has 1 fully saturated rings. The Bertz CT molecular complexity index is 381. The molecule has 2 N–H and O–H groups in total. The fourth-order valence-electron chi connectivity index (χ4n) is 1.89. The summed E-state index contributed by atoms with van der Waals surface area (Å²) >= 11 is 0. The molecule has 2 rings (SSSR count). The summed E-state index contributed by atoms with van der Waals surface area (Å²) in [4.78, 5) is 11.1. The van der Waals surface area contributed by atoms with Gasteiger partial charge in [-0.05, 0) is 24.5 Å². The molecule has 16 heavy (non-hydrogen) atoms. The number of piperazine rings is 1. The van der Waals surface area contributed by atoms with Crippen LogP contribution in [0.15, 0.2) is 24.3 Å². The van der Waals surface area contributed by atoms with Gasteiger partial charge in [0, 0.05) is 12.6 Å². The molecule has 1 saturated heterocycles. The Kier molecular flexibility index (Phi) is 3.51. The summed E-state index contributed by atoms with van der Waals surface area (Å²) in [5, 5.41) is 5.91. The third-order valence-corrected chi connectivity index (χ3v) is 2.76. The Balaban J connectivity index is 1.87. The first-order valence-electron chi connectivity index (χ1n) is 5.49. The van der Waals surface area contributed by atoms with Gasteiger partial charge in [0.1, 0.15) is 5.82 Å². The van der Waals surface area contributed by atoms with E-state index >= 15 is 0 Å². The zero-order valence-electron chi connectivity index (χ0n) is 9.00. The zero-order chi connectivity index (χ0) is 11.4. The first kappa shape index (κ1) is 11.1. The predicted octanol–water partition coefficient (Wildman–Crippen LogP) is 0.846. The van der Waals surface area contributed by atoms with E-state index in [1.165, 1.54) is 6.07 Å². The molecule has 1 aliphatic heterocycles. The summed E-state index contributed by atoms with van der Waals surface area (Å²) in [7, 11) is 0. The molecule has 4 heteroatoms. The molecule has 1 aliphatic rings. The van der Waals surface area contributed by atoms with Gasteiger partial charge in [0.05, 0.1) is 6.54 Å². The van der Waals surface area contributed by atoms with E-state index in [0.29, 0.717) is 18.5 Å². The van der Waals surface area contributed by atoms with Crippen LogP contribution in [0.1, 0.15) is 12.0 Å². The second-order valence-electron chi connectivity index (χ2n) is 4.03. The average Bonchev–Trinajstić information content (AvgIpc) is 2.28. The maximum Gasteiger partial charge on any atom is 0.234 e. The molecular weight excluding hydrogens is 207 g/mol. The van der Waals surface area contributed by atoms with E-state index in [4.69, 9.17) is 0 Å². The van der Waals surface area contributed by atoms with Crippen molar-refractivity contribution in [3.63, 3.8) is 0 Å². The summed E-state index contributed by atoms with van der Waals surface area (Å²) in [5.41, 5.74) is 0.710. The van der Waals surface area contributed by atoms with Gasteiger partial charge in [-0.1, -0.05) is 18.2 Å². The normalized spacial score (nSPS) is 20.6. The first-order chi connectivity index (χ1) is 7.75. The molecule has 1 amide bonds. The number of carbonyl (C=O) groups is 1. The summed E-state index contributed by atoms with van der Waals surface area (Å²) in [6.45, 7) is 1.15. The highest BCUT2D eigenvalue weighted by atomic mass is 19.1. The van der Waals surface area contributed by atoms with Gasteiger partial charge in [-0.3, -0.25) is 4.79 Å². The van der Waals surface area contributed by atoms with Crippen LogP contribution in [0.4, 0.5) is 4.39 Å². The van der Waals surface area contributed by atoms with Gasteiger partial charge in [0.2, 0.25) is 5.91 Å². The molecule has 0 bridgehead atoms. The molecule has 3 nitrogen and oxygen atoms in total. The number of halogens is 1. The molecule has 86 valence electrons. The first-order valence-corrected chi connectivity index (χ1v) is 5.49. The van der Waals surface area contributed by atoms with Crippen LogP contribution >= 0.6 is 0 Å². The fourth-order valence-corrected chi connectivity index (χ4v) is 1.89. The number of benzene rings is 1. The molecular formula is C12H15FN2O. The lowest BCUT2D eigenvalue weighted by Crippen LogP contribution is -2.52. The standard InChI is InChI=1S/C12H15FN2O/c13-11-4-2-1-3-9(11)5-6-10-7-14-8-12(16)15-10/h1-4,10,14H,5-8H2,(H,15,16). The van der Waals surface area contributed by atoms with Gasteiger partial charge in [-0.2, -0.15) is 0 Å². The fraction of sp³-hybridized carbons (Fsp3) is 0.417. The highest BCUT2D eigenvalue weighted by Crippen LogP contribution is 2.10. The molecule has 0 radical (unpaired) electrons. The van der Waals surface area contributed by atoms with Crippen LogP contribution in [0.2, 0.25) is 0 Å². The Hall–Kier alpha value is -1.42. The molecule has 0 aromatic heterocycles. The van der Waals surface area contributed by atoms with Crippen molar-refractivity contribution < 1.29 is 9.18 Å². The third-order valence-electron chi connectivity index (χ3n) is 2.76. The molecule has 1 atom stereocenters. The van der Waals surface area contributed by atoms with Gasteiger partial charge in [0.25, 0.3) is 0 Å². The topological polar surface area (TPSA) is 41.1 Å². The van der Waals surface area contributed by atoms with Gasteiger partial charge < -0.3 is 10.6 Å². The maximum absolute atomic E-state index is 13.3. The molecule has 0 spiro atoms. The van der Waals surface area contributed by atoms with Crippen LogP contribution in [0.5, 0.6) is 0 Å². The lowest BCUT2D eigenvalue weighted by Gasteiger charge is -2.24. The van der Waals surface area contributed by atoms with E-state index in [0.717, 1.165) is 13.0 Å². The van der Waals surface area contributed by atoms with Crippen molar-refractivity contribution in [3.8, 4) is 0 Å². The number of hydrogen-bond donors (Lipinski definition) is 2. The number of hydrogen-bond acceptors (Lipinski definition) is 2. The largest absolute Gasteiger partial charge is 0.351 e. The van der Waals surface area contributed by atoms with Gasteiger partial charge in [-0.25, -0.2) is 4.39 Å². The number of carbonyl (C=O) groups excluding carboxylic acids is 1. The maximum atomic E-state index is 13.3. The minimum Gasteiger partial charge on any atom is -0.351 e. The lowest BCUT2D eigenvalue weighted by molar-refractivity contribution is -0.122. The SMILES string of the molecule is O=C1CNCC(CCc2ccccc2F)N1. The quantitative estimate of drug-likeness (QED) is 0.796. The molecule has 1 heterocycles. The van der Waals surface area contributed by atoms with Crippen molar-refractivity contribution >= 4 is 5.91 Å². The van der Waals surface area contributed by atoms with Crippen LogP contribution in [0.3, 0.4) is 0 Å². The van der Waals surface area contributed by atoms with E-state index in [1.54, 1.807) is 12.1 Å². The molecule has 1 aromatic rings. The molecule has 0 saturated carbocycles. The average molecular weight is 222 g/mol. The molecule has 0 aliphatic carbocycles. The highest BCUT2D eigenvalue weighted by molar-refractivity contribution is 5.79. The Morgan fingerprint density at radius 1 is 1.38 bits per heavy atom. The van der Waals surface area contributed by atoms with Crippen molar-refractivity contribution in [2.75, 3.05) is 13.1 Å². The third kappa shape index (κ3) is 2.79. The van der Waals surface area contributed by atoms with E-state index in [1.807, 2.05) is 6.07 Å². The molecule has 1 unspecified atom stereocenters. The van der Waals surface area contributed by atoms with Gasteiger partial charge >= 0.3 is 0 Å². The number of nitrogens with one attached hydrogen (secondary N) is 2. The summed E-state index contributed by atoms with van der Waals surface area (Å²) in [5.74, 6) is -0.151. The Morgan fingerprint density at radius 2 is 2.19 bits per heavy atom. The second kappa shape index (κ2) is 5.07. The summed E-state index contributed by atoms with van der Waals surface area (Å²) in [6, 6.07) is 6.88. The Labute approximate surface area is 94.0 Å². The lowest BCUT2D eigenvalue weighted by atomic mass is 10.0. The van der Waals surface area contributed by atoms with E-state index in [2.05, 4.69) is 10.6 Å². The van der Waals surface area contributed by atoms with Crippen LogP contribution in [0.25, 0.3) is 0 Å². The second-order valence-corrected chi connectivity index (χ2v) is 4.03. The predicted molar refractivity (Wildman–Crippen MR) is 59.5 cm³/mol. The highest BCUT2D eigenvalue weighted by Gasteiger charge is 2.17. The Morgan fingerprint density at radius 3 is 2.94 bits per heavy atom. The van der Waals surface area contributed by atoms with Crippen LogP contribution in [0, 0.1) is 5.82 Å². The van der Waals surface area contributed by atoms with Crippen molar-refractivity contribution in [1.29, 1.82) is 0 Å². The van der Waals surface area contributed by atoms with E-state index < -0.39 is 0 Å². The molecule has 1 aromatic carbocycles. The van der Waals surface area contributed by atoms with Crippen molar-refractivity contribution in [2.24, 2.45) is 0 Å². The zero-order valence-corrected chi connectivity index (χ0v) is 9.00. The summed E-state index contributed by atoms with van der Waals surface area (Å²) < 4.78 is 13.3. The van der Waals surface area contributed by atoms with E-state index in [-0.39, 0.29) is 17.8 Å². The van der Waals surface area contributed by atoms with Gasteiger partial charge in [-0.15, -0.1) is 0 Å². The summed E-state index contributed by atoms with van der Waals surface area (Å²) in [6.07, 6.45) is 1.42. The van der Waals surface area contributed by atoms with E-state index in [9.17, 15) is 9.18 Å².